The molecule has 7 rings (SSSR count). The van der Waals surface area contributed by atoms with Crippen LogP contribution >= 0.6 is 0 Å². The number of carbonyl (C=O) groups excluding carboxylic acids is 3. The van der Waals surface area contributed by atoms with E-state index >= 15 is 0 Å². The average Bonchev–Trinajstić information content (AvgIpc) is 3.62. The number of rotatable bonds is 9. The van der Waals surface area contributed by atoms with Crippen LogP contribution in [0.15, 0.2) is 78.9 Å². The summed E-state index contributed by atoms with van der Waals surface area (Å²) in [5.41, 5.74) is -0.0460. The van der Waals surface area contributed by atoms with Crippen LogP contribution in [0.4, 0.5) is 0 Å². The summed E-state index contributed by atoms with van der Waals surface area (Å²) in [6, 6.07) is 15.3. The van der Waals surface area contributed by atoms with Crippen LogP contribution in [0.3, 0.4) is 0 Å². The Morgan fingerprint density at radius 3 is 2.41 bits per heavy atom. The molecule has 5 heterocycles. The number of likely N-dealkylation sites (tertiary alicyclic amines) is 1. The second kappa shape index (κ2) is 11.8. The molecule has 2 aromatic carbocycles. The molecule has 0 saturated carbocycles. The van der Waals surface area contributed by atoms with E-state index < -0.39 is 35.1 Å². The van der Waals surface area contributed by atoms with Crippen LogP contribution in [0, 0.1) is 11.8 Å². The van der Waals surface area contributed by atoms with Gasteiger partial charge in [-0.05, 0) is 37.0 Å². The molecule has 1 N–H and O–H groups in total. The first-order valence-corrected chi connectivity index (χ1v) is 16.3. The Morgan fingerprint density at radius 2 is 1.65 bits per heavy atom. The lowest BCUT2D eigenvalue weighted by molar-refractivity contribution is -0.158. The second-order valence-electron chi connectivity index (χ2n) is 12.8. The van der Waals surface area contributed by atoms with E-state index in [0.717, 1.165) is 17.5 Å². The number of aliphatic hydroxyl groups excluding tert-OH is 1. The number of aromatic nitrogens is 3. The zero-order chi connectivity index (χ0) is 32.1. The highest BCUT2D eigenvalue weighted by molar-refractivity contribution is 6.00. The average molecular weight is 625 g/mol. The van der Waals surface area contributed by atoms with Gasteiger partial charge in [-0.25, -0.2) is 4.68 Å². The summed E-state index contributed by atoms with van der Waals surface area (Å²) in [5.74, 6) is -2.56. The van der Waals surface area contributed by atoms with Gasteiger partial charge in [-0.15, -0.1) is 5.10 Å². The van der Waals surface area contributed by atoms with Crippen molar-refractivity contribution < 1.29 is 24.2 Å². The predicted molar refractivity (Wildman–Crippen MR) is 170 cm³/mol. The van der Waals surface area contributed by atoms with Crippen LogP contribution in [0.2, 0.25) is 0 Å². The third kappa shape index (κ3) is 4.59. The fourth-order valence-electron chi connectivity index (χ4n) is 8.11. The first kappa shape index (κ1) is 30.3. The van der Waals surface area contributed by atoms with Gasteiger partial charge in [-0.1, -0.05) is 85.8 Å². The molecule has 46 heavy (non-hydrogen) atoms. The minimum atomic E-state index is -1.41. The maximum atomic E-state index is 14.9. The number of nitrogens with zero attached hydrogens (tertiary/aromatic N) is 6. The first-order chi connectivity index (χ1) is 22.4. The second-order valence-corrected chi connectivity index (χ2v) is 12.8. The maximum Gasteiger partial charge on any atom is 0.250 e. The molecule has 0 radical (unpaired) electrons. The van der Waals surface area contributed by atoms with Crippen LogP contribution in [0.1, 0.15) is 32.3 Å². The van der Waals surface area contributed by atoms with Crippen molar-refractivity contribution in [2.45, 2.75) is 63.1 Å². The lowest BCUT2D eigenvalue weighted by Gasteiger charge is -2.40. The number of fused-ring (bicyclic) bond motifs is 3. The summed E-state index contributed by atoms with van der Waals surface area (Å²) in [5, 5.41) is 19.4. The van der Waals surface area contributed by atoms with Gasteiger partial charge < -0.3 is 24.5 Å². The predicted octanol–water partition coefficient (Wildman–Crippen LogP) is 2.56. The van der Waals surface area contributed by atoms with Gasteiger partial charge >= 0.3 is 0 Å². The van der Waals surface area contributed by atoms with Crippen LogP contribution in [-0.2, 0) is 32.2 Å². The van der Waals surface area contributed by atoms with E-state index in [2.05, 4.69) is 10.3 Å². The standard InChI is InChI=1S/C35H40N6O5/c1-3-18-38-19-10-16-34(4-2)28(31(38)43)29-32(44)41(25(22-42)21-24-12-6-5-7-13-24)30-33(45)39(20-11-17-35(29,30)46-34)23-40-27-15-9-8-14-26(27)36-37-40/h5-17,25,28-30,42H,3-4,18-23H2,1-2H3/t25-,28-,29+,30?,34+,35+/m1/s1. The molecule has 3 amide bonds. The van der Waals surface area contributed by atoms with Crippen molar-refractivity contribution in [2.75, 3.05) is 26.2 Å². The SMILES string of the molecule is CCCN1CC=C[C@]2(CC)O[C@]34C=CCN(Cn5nnc6ccccc65)C(=O)C3N([C@@H](CO)Cc3ccccc3)C(=O)[C@@H]4[C@@H]2C1=O. The van der Waals surface area contributed by atoms with E-state index in [1.807, 2.05) is 92.7 Å². The molecule has 11 heteroatoms. The van der Waals surface area contributed by atoms with Crippen LogP contribution in [0.25, 0.3) is 11.0 Å². The smallest absolute Gasteiger partial charge is 0.250 e. The third-order valence-electron chi connectivity index (χ3n) is 10.2. The number of para-hydroxylation sites is 1. The molecule has 0 aliphatic carbocycles. The van der Waals surface area contributed by atoms with Crippen LogP contribution in [0.5, 0.6) is 0 Å². The number of aliphatic hydroxyl groups is 1. The van der Waals surface area contributed by atoms with E-state index in [-0.39, 0.29) is 37.5 Å². The van der Waals surface area contributed by atoms with Gasteiger partial charge in [0.25, 0.3) is 5.91 Å². The van der Waals surface area contributed by atoms with Crippen molar-refractivity contribution in [3.63, 3.8) is 0 Å². The highest BCUT2D eigenvalue weighted by atomic mass is 16.5. The fraction of sp³-hybridized carbons (Fsp3) is 0.457. The zero-order valence-corrected chi connectivity index (χ0v) is 26.2. The van der Waals surface area contributed by atoms with Gasteiger partial charge in [0.1, 0.15) is 23.8 Å². The monoisotopic (exact) mass is 624 g/mol. The Hall–Kier alpha value is -4.35. The molecule has 1 aromatic heterocycles. The molecule has 11 nitrogen and oxygen atoms in total. The summed E-state index contributed by atoms with van der Waals surface area (Å²) in [7, 11) is 0. The minimum absolute atomic E-state index is 0.108. The normalized spacial score (nSPS) is 29.6. The summed E-state index contributed by atoms with van der Waals surface area (Å²) in [6.45, 7) is 4.99. The fourth-order valence-corrected chi connectivity index (χ4v) is 8.11. The highest BCUT2D eigenvalue weighted by Gasteiger charge is 2.75. The summed E-state index contributed by atoms with van der Waals surface area (Å²) in [6.07, 6.45) is 9.21. The molecule has 4 aliphatic heterocycles. The van der Waals surface area contributed by atoms with E-state index in [9.17, 15) is 19.5 Å². The molecule has 2 saturated heterocycles. The number of hydrogen-bond acceptors (Lipinski definition) is 7. The quantitative estimate of drug-likeness (QED) is 0.364. The zero-order valence-electron chi connectivity index (χ0n) is 26.2. The van der Waals surface area contributed by atoms with E-state index in [0.29, 0.717) is 31.4 Å². The Kier molecular flexibility index (Phi) is 7.76. The Balaban J connectivity index is 1.35. The van der Waals surface area contributed by atoms with Crippen molar-refractivity contribution in [3.8, 4) is 0 Å². The molecule has 2 fully saturated rings. The topological polar surface area (TPSA) is 121 Å². The molecule has 1 unspecified atom stereocenters. The van der Waals surface area contributed by atoms with Crippen LogP contribution in [-0.4, -0.2) is 102 Å². The minimum Gasteiger partial charge on any atom is -0.394 e. The van der Waals surface area contributed by atoms with Gasteiger partial charge in [0.05, 0.1) is 35.6 Å². The number of hydrogen-bond donors (Lipinski definition) is 1. The summed E-state index contributed by atoms with van der Waals surface area (Å²) >= 11 is 0. The number of amides is 3. The highest BCUT2D eigenvalue weighted by Crippen LogP contribution is 2.59. The van der Waals surface area contributed by atoms with Crippen molar-refractivity contribution in [1.82, 2.24) is 29.7 Å². The molecule has 0 bridgehead atoms. The Labute approximate surface area is 268 Å². The van der Waals surface area contributed by atoms with Gasteiger partial charge in [0, 0.05) is 19.6 Å². The molecule has 240 valence electrons. The van der Waals surface area contributed by atoms with Crippen molar-refractivity contribution >= 4 is 28.8 Å². The summed E-state index contributed by atoms with van der Waals surface area (Å²) < 4.78 is 8.77. The Morgan fingerprint density at radius 1 is 0.913 bits per heavy atom. The van der Waals surface area contributed by atoms with Crippen molar-refractivity contribution in [2.24, 2.45) is 11.8 Å². The van der Waals surface area contributed by atoms with E-state index in [4.69, 9.17) is 4.74 Å². The maximum absolute atomic E-state index is 14.9. The van der Waals surface area contributed by atoms with Crippen molar-refractivity contribution in [1.29, 1.82) is 0 Å². The first-order valence-electron chi connectivity index (χ1n) is 16.3. The molecule has 1 spiro atoms. The molecule has 6 atom stereocenters. The number of benzene rings is 2. The van der Waals surface area contributed by atoms with Gasteiger partial charge in [-0.3, -0.25) is 14.4 Å². The Bertz CT molecular complexity index is 1710. The lowest BCUT2D eigenvalue weighted by Crippen LogP contribution is -2.59. The number of ether oxygens (including phenoxy) is 1. The molecule has 4 aliphatic rings. The van der Waals surface area contributed by atoms with Gasteiger partial charge in [0.2, 0.25) is 11.8 Å². The lowest BCUT2D eigenvalue weighted by atomic mass is 9.73. The van der Waals surface area contributed by atoms with E-state index in [1.54, 1.807) is 14.5 Å². The molecular weight excluding hydrogens is 584 g/mol. The van der Waals surface area contributed by atoms with Gasteiger partial charge in [-0.2, -0.15) is 0 Å². The van der Waals surface area contributed by atoms with Crippen LogP contribution < -0.4 is 0 Å². The molecular formula is C35H40N6O5. The van der Waals surface area contributed by atoms with Crippen molar-refractivity contribution in [3.05, 3.63) is 84.5 Å². The van der Waals surface area contributed by atoms with E-state index in [1.165, 1.54) is 4.90 Å². The third-order valence-corrected chi connectivity index (χ3v) is 10.2. The number of carbonyl (C=O) groups is 3. The summed E-state index contributed by atoms with van der Waals surface area (Å²) in [4.78, 5) is 49.2. The molecule has 3 aromatic rings. The van der Waals surface area contributed by atoms with Gasteiger partial charge in [0.15, 0.2) is 0 Å². The largest absolute Gasteiger partial charge is 0.394 e.